The standard InChI is InChI=1S/C21H41NO5.K/c1-2-3-4-5-6-7-8-9-10-11-12-13-19(18-20(25)26)21(27)22(14-16-23)15-17-24;/h19,23-24H,2-18H2,1H3,(H,25,26);/q;+1/p-1. The van der Waals surface area contributed by atoms with E-state index in [9.17, 15) is 14.7 Å². The van der Waals surface area contributed by atoms with Gasteiger partial charge in [0, 0.05) is 25.0 Å². The number of aliphatic carboxylic acids is 1. The van der Waals surface area contributed by atoms with Crippen molar-refractivity contribution in [1.82, 2.24) is 4.90 Å². The fourth-order valence-corrected chi connectivity index (χ4v) is 3.40. The Hall–Kier alpha value is 0.496. The van der Waals surface area contributed by atoms with E-state index >= 15 is 0 Å². The molecule has 1 amide bonds. The summed E-state index contributed by atoms with van der Waals surface area (Å²) in [5.74, 6) is -2.18. The molecule has 0 aliphatic rings. The third-order valence-corrected chi connectivity index (χ3v) is 4.97. The Kier molecular flexibility index (Phi) is 24.3. The average molecular weight is 426 g/mol. The summed E-state index contributed by atoms with van der Waals surface area (Å²) in [5, 5.41) is 29.1. The Bertz CT molecular complexity index is 376. The first kappa shape index (κ1) is 30.7. The van der Waals surface area contributed by atoms with Crippen LogP contribution in [-0.4, -0.2) is 53.3 Å². The van der Waals surface area contributed by atoms with Crippen LogP contribution in [0, 0.1) is 5.92 Å². The van der Waals surface area contributed by atoms with Crippen molar-refractivity contribution >= 4 is 11.9 Å². The van der Waals surface area contributed by atoms with Crippen molar-refractivity contribution in [3.63, 3.8) is 0 Å². The molecule has 6 nitrogen and oxygen atoms in total. The summed E-state index contributed by atoms with van der Waals surface area (Å²) in [6, 6.07) is 0. The van der Waals surface area contributed by atoms with Gasteiger partial charge in [-0.3, -0.25) is 4.79 Å². The van der Waals surface area contributed by atoms with E-state index in [4.69, 9.17) is 10.2 Å². The number of unbranched alkanes of at least 4 members (excludes halogenated alkanes) is 10. The molecule has 0 saturated carbocycles. The third-order valence-electron chi connectivity index (χ3n) is 4.97. The predicted molar refractivity (Wildman–Crippen MR) is 105 cm³/mol. The fraction of sp³-hybridized carbons (Fsp3) is 0.905. The Morgan fingerprint density at radius 2 is 1.25 bits per heavy atom. The molecule has 0 aromatic carbocycles. The number of hydrogen-bond donors (Lipinski definition) is 2. The molecule has 2 N–H and O–H groups in total. The number of aliphatic hydroxyl groups excluding tert-OH is 2. The van der Waals surface area contributed by atoms with Gasteiger partial charge in [0.15, 0.2) is 0 Å². The Morgan fingerprint density at radius 1 is 0.821 bits per heavy atom. The van der Waals surface area contributed by atoms with E-state index in [1.54, 1.807) is 0 Å². The second-order valence-electron chi connectivity index (χ2n) is 7.37. The number of carbonyl (C=O) groups excluding carboxylic acids is 2. The molecule has 0 bridgehead atoms. The first-order valence-electron chi connectivity index (χ1n) is 10.8. The van der Waals surface area contributed by atoms with Gasteiger partial charge in [-0.25, -0.2) is 0 Å². The van der Waals surface area contributed by atoms with Crippen molar-refractivity contribution in [3.8, 4) is 0 Å². The summed E-state index contributed by atoms with van der Waals surface area (Å²) in [7, 11) is 0. The zero-order valence-corrected chi connectivity index (χ0v) is 21.3. The summed E-state index contributed by atoms with van der Waals surface area (Å²) in [5.41, 5.74) is 0. The van der Waals surface area contributed by atoms with Crippen LogP contribution in [0.2, 0.25) is 0 Å². The number of hydrogen-bond acceptors (Lipinski definition) is 5. The molecule has 1 atom stereocenters. The number of amides is 1. The summed E-state index contributed by atoms with van der Waals surface area (Å²) in [4.78, 5) is 24.8. The Labute approximate surface area is 213 Å². The molecule has 0 fully saturated rings. The van der Waals surface area contributed by atoms with Crippen LogP contribution >= 0.6 is 0 Å². The zero-order valence-electron chi connectivity index (χ0n) is 18.2. The molecule has 1 unspecified atom stereocenters. The van der Waals surface area contributed by atoms with Crippen molar-refractivity contribution in [2.24, 2.45) is 5.92 Å². The molecular formula is C21H40KNO5. The molecule has 0 saturated heterocycles. The van der Waals surface area contributed by atoms with Crippen molar-refractivity contribution in [2.45, 2.75) is 90.4 Å². The average Bonchev–Trinajstić information content (AvgIpc) is 2.64. The van der Waals surface area contributed by atoms with Gasteiger partial charge in [-0.05, 0) is 12.8 Å². The van der Waals surface area contributed by atoms with E-state index in [2.05, 4.69) is 6.92 Å². The van der Waals surface area contributed by atoms with Crippen LogP contribution in [0.5, 0.6) is 0 Å². The molecule has 0 aromatic rings. The zero-order chi connectivity index (χ0) is 20.3. The van der Waals surface area contributed by atoms with Crippen LogP contribution in [0.25, 0.3) is 0 Å². The molecule has 0 radical (unpaired) electrons. The smallest absolute Gasteiger partial charge is 0.550 e. The minimum Gasteiger partial charge on any atom is -0.550 e. The Balaban J connectivity index is 0. The van der Waals surface area contributed by atoms with Gasteiger partial charge in [-0.1, -0.05) is 77.6 Å². The molecule has 0 heterocycles. The number of carboxylic acids is 1. The van der Waals surface area contributed by atoms with Gasteiger partial charge in [0.2, 0.25) is 5.91 Å². The van der Waals surface area contributed by atoms with Gasteiger partial charge in [-0.2, -0.15) is 0 Å². The van der Waals surface area contributed by atoms with Crippen molar-refractivity contribution in [3.05, 3.63) is 0 Å². The van der Waals surface area contributed by atoms with Crippen LogP contribution < -0.4 is 56.5 Å². The maximum absolute atomic E-state index is 12.5. The summed E-state index contributed by atoms with van der Waals surface area (Å²) >= 11 is 0. The SMILES string of the molecule is CCCCCCCCCCCCCC(CC(=O)[O-])C(=O)N(CCO)CCO.[K+]. The van der Waals surface area contributed by atoms with Gasteiger partial charge in [0.1, 0.15) is 0 Å². The first-order valence-corrected chi connectivity index (χ1v) is 10.8. The molecule has 28 heavy (non-hydrogen) atoms. The fourth-order valence-electron chi connectivity index (χ4n) is 3.40. The number of carbonyl (C=O) groups is 2. The maximum Gasteiger partial charge on any atom is 1.00 e. The number of rotatable bonds is 19. The molecular weight excluding hydrogens is 385 g/mol. The number of aliphatic hydroxyl groups is 2. The quantitative estimate of drug-likeness (QED) is 0.210. The van der Waals surface area contributed by atoms with Gasteiger partial charge >= 0.3 is 51.4 Å². The molecule has 0 rings (SSSR count). The molecule has 160 valence electrons. The van der Waals surface area contributed by atoms with Crippen LogP contribution in [0.3, 0.4) is 0 Å². The van der Waals surface area contributed by atoms with E-state index in [0.29, 0.717) is 6.42 Å². The topological polar surface area (TPSA) is 101 Å². The summed E-state index contributed by atoms with van der Waals surface area (Å²) in [6.07, 6.45) is 13.4. The van der Waals surface area contributed by atoms with Crippen molar-refractivity contribution in [2.75, 3.05) is 26.3 Å². The van der Waals surface area contributed by atoms with Crippen LogP contribution in [0.1, 0.15) is 90.4 Å². The Morgan fingerprint density at radius 3 is 1.64 bits per heavy atom. The normalized spacial score (nSPS) is 11.7. The molecule has 0 aliphatic carbocycles. The van der Waals surface area contributed by atoms with E-state index in [0.717, 1.165) is 19.3 Å². The summed E-state index contributed by atoms with van der Waals surface area (Å²) in [6.45, 7) is 2.04. The molecule has 7 heteroatoms. The van der Waals surface area contributed by atoms with E-state index < -0.39 is 11.9 Å². The van der Waals surface area contributed by atoms with Crippen LogP contribution in [0.15, 0.2) is 0 Å². The second kappa shape index (κ2) is 22.2. The van der Waals surface area contributed by atoms with E-state index in [1.165, 1.54) is 56.3 Å². The molecule has 0 spiro atoms. The minimum atomic E-state index is -1.23. The van der Waals surface area contributed by atoms with E-state index in [-0.39, 0.29) is 90.0 Å². The second-order valence-corrected chi connectivity index (χ2v) is 7.37. The van der Waals surface area contributed by atoms with Gasteiger partial charge in [-0.15, -0.1) is 0 Å². The monoisotopic (exact) mass is 425 g/mol. The minimum absolute atomic E-state index is 0. The van der Waals surface area contributed by atoms with Gasteiger partial charge in [0.25, 0.3) is 0 Å². The van der Waals surface area contributed by atoms with E-state index in [1.807, 2.05) is 0 Å². The van der Waals surface area contributed by atoms with Crippen molar-refractivity contribution in [1.29, 1.82) is 0 Å². The van der Waals surface area contributed by atoms with Crippen molar-refractivity contribution < 1.29 is 76.3 Å². The van der Waals surface area contributed by atoms with Gasteiger partial charge in [0.05, 0.1) is 13.2 Å². The summed E-state index contributed by atoms with van der Waals surface area (Å²) < 4.78 is 0. The predicted octanol–water partition coefficient (Wildman–Crippen LogP) is -0.739. The van der Waals surface area contributed by atoms with Gasteiger partial charge < -0.3 is 25.0 Å². The molecule has 0 aromatic heterocycles. The third kappa shape index (κ3) is 17.4. The molecule has 0 aliphatic heterocycles. The number of nitrogens with zero attached hydrogens (tertiary/aromatic N) is 1. The first-order chi connectivity index (χ1) is 13.1. The maximum atomic E-state index is 12.5. The largest absolute Gasteiger partial charge is 1.00 e. The number of carboxylic acid groups (broad SMARTS) is 1. The van der Waals surface area contributed by atoms with Crippen LogP contribution in [0.4, 0.5) is 0 Å². The van der Waals surface area contributed by atoms with Crippen LogP contribution in [-0.2, 0) is 9.59 Å².